The van der Waals surface area contributed by atoms with E-state index in [2.05, 4.69) is 0 Å². The Labute approximate surface area is 59.4 Å². The number of carbonyl (C=O) groups excluding carboxylic acids is 1. The van der Waals surface area contributed by atoms with Crippen molar-refractivity contribution in [1.82, 2.24) is 4.90 Å². The van der Waals surface area contributed by atoms with Crippen LogP contribution in [0.4, 0.5) is 0 Å². The minimum atomic E-state index is -0.684. The molecule has 0 aliphatic carbocycles. The molecule has 1 rings (SSSR count). The van der Waals surface area contributed by atoms with Gasteiger partial charge in [0, 0.05) is 6.54 Å². The van der Waals surface area contributed by atoms with E-state index in [1.54, 1.807) is 6.92 Å². The molecule has 1 atom stereocenters. The average molecular weight is 145 g/mol. The number of morpholine rings is 1. The average Bonchev–Trinajstić information content (AvgIpc) is 1.88. The number of ether oxygens (including phenoxy) is 1. The van der Waals surface area contributed by atoms with Gasteiger partial charge in [-0.05, 0) is 6.92 Å². The molecule has 1 unspecified atom stereocenters. The van der Waals surface area contributed by atoms with Crippen molar-refractivity contribution in [3.8, 4) is 0 Å². The van der Waals surface area contributed by atoms with Crippen molar-refractivity contribution in [2.75, 3.05) is 19.8 Å². The number of nitrogens with zero attached hydrogens (tertiary/aromatic N) is 1. The summed E-state index contributed by atoms with van der Waals surface area (Å²) in [5, 5.41) is 9.00. The maximum atomic E-state index is 10.9. The smallest absolute Gasteiger partial charge is 0.250 e. The third-order valence-electron chi connectivity index (χ3n) is 1.47. The highest BCUT2D eigenvalue weighted by Crippen LogP contribution is 2.01. The van der Waals surface area contributed by atoms with Crippen LogP contribution in [-0.4, -0.2) is 41.9 Å². The van der Waals surface area contributed by atoms with Crippen LogP contribution in [0.2, 0.25) is 0 Å². The third-order valence-corrected chi connectivity index (χ3v) is 1.47. The summed E-state index contributed by atoms with van der Waals surface area (Å²) in [6, 6.07) is 0. The molecule has 0 saturated carbocycles. The van der Waals surface area contributed by atoms with Gasteiger partial charge >= 0.3 is 0 Å². The van der Waals surface area contributed by atoms with Gasteiger partial charge in [-0.3, -0.25) is 4.79 Å². The van der Waals surface area contributed by atoms with Crippen molar-refractivity contribution in [1.29, 1.82) is 0 Å². The van der Waals surface area contributed by atoms with Crippen molar-refractivity contribution in [3.63, 3.8) is 0 Å². The molecule has 0 bridgehead atoms. The van der Waals surface area contributed by atoms with Crippen LogP contribution < -0.4 is 0 Å². The van der Waals surface area contributed by atoms with Gasteiger partial charge < -0.3 is 14.7 Å². The van der Waals surface area contributed by atoms with Crippen LogP contribution in [-0.2, 0) is 9.53 Å². The summed E-state index contributed by atoms with van der Waals surface area (Å²) in [7, 11) is 0. The molecule has 0 spiro atoms. The Hall–Kier alpha value is -0.610. The molecule has 1 aliphatic heterocycles. The number of carbonyl (C=O) groups is 1. The second kappa shape index (κ2) is 2.98. The highest BCUT2D eigenvalue weighted by Gasteiger charge is 2.21. The van der Waals surface area contributed by atoms with Crippen molar-refractivity contribution < 1.29 is 14.6 Å². The molecule has 0 aromatic carbocycles. The van der Waals surface area contributed by atoms with E-state index in [-0.39, 0.29) is 12.5 Å². The highest BCUT2D eigenvalue weighted by molar-refractivity contribution is 5.78. The van der Waals surface area contributed by atoms with Crippen LogP contribution in [0, 0.1) is 0 Å². The molecular weight excluding hydrogens is 134 g/mol. The van der Waals surface area contributed by atoms with Crippen molar-refractivity contribution in [2.45, 2.75) is 13.2 Å². The lowest BCUT2D eigenvalue weighted by atomic mass is 10.4. The first-order valence-electron chi connectivity index (χ1n) is 3.27. The molecule has 1 fully saturated rings. The molecule has 1 saturated heterocycles. The fraction of sp³-hybridized carbons (Fsp3) is 0.833. The Morgan fingerprint density at radius 3 is 2.90 bits per heavy atom. The normalized spacial score (nSPS) is 23.0. The Morgan fingerprint density at radius 1 is 1.80 bits per heavy atom. The zero-order chi connectivity index (χ0) is 7.56. The monoisotopic (exact) mass is 145 g/mol. The van der Waals surface area contributed by atoms with E-state index in [0.29, 0.717) is 13.2 Å². The quantitative estimate of drug-likeness (QED) is 0.524. The molecule has 0 aromatic rings. The van der Waals surface area contributed by atoms with Gasteiger partial charge in [0.1, 0.15) is 12.8 Å². The van der Waals surface area contributed by atoms with Gasteiger partial charge in [0.15, 0.2) is 0 Å². The van der Waals surface area contributed by atoms with Crippen LogP contribution in [0.3, 0.4) is 0 Å². The molecule has 1 heterocycles. The van der Waals surface area contributed by atoms with Crippen LogP contribution in [0.1, 0.15) is 6.92 Å². The van der Waals surface area contributed by atoms with Gasteiger partial charge in [-0.15, -0.1) is 0 Å². The molecule has 4 heteroatoms. The summed E-state index contributed by atoms with van der Waals surface area (Å²) in [6.45, 7) is 2.70. The Kier molecular flexibility index (Phi) is 2.24. The number of aliphatic hydroxyl groups is 1. The maximum absolute atomic E-state index is 10.9. The third kappa shape index (κ3) is 1.46. The van der Waals surface area contributed by atoms with Crippen molar-refractivity contribution >= 4 is 5.91 Å². The largest absolute Gasteiger partial charge is 0.374 e. The summed E-state index contributed by atoms with van der Waals surface area (Å²) in [6.07, 6.45) is -0.684. The van der Waals surface area contributed by atoms with E-state index < -0.39 is 6.23 Å². The molecule has 10 heavy (non-hydrogen) atoms. The Morgan fingerprint density at radius 2 is 2.50 bits per heavy atom. The van der Waals surface area contributed by atoms with Gasteiger partial charge in [0.05, 0.1) is 6.61 Å². The van der Waals surface area contributed by atoms with E-state index in [1.807, 2.05) is 0 Å². The zero-order valence-electron chi connectivity index (χ0n) is 5.91. The van der Waals surface area contributed by atoms with Crippen LogP contribution >= 0.6 is 0 Å². The first-order chi connectivity index (χ1) is 4.72. The lowest BCUT2D eigenvalue weighted by Gasteiger charge is -2.28. The second-order valence-corrected chi connectivity index (χ2v) is 2.27. The molecule has 1 aliphatic rings. The maximum Gasteiger partial charge on any atom is 0.250 e. The van der Waals surface area contributed by atoms with E-state index in [1.165, 1.54) is 4.90 Å². The van der Waals surface area contributed by atoms with E-state index in [0.717, 1.165) is 0 Å². The SMILES string of the molecule is CC(O)N1CCOCC1=O. The van der Waals surface area contributed by atoms with Crippen molar-refractivity contribution in [2.24, 2.45) is 0 Å². The van der Waals surface area contributed by atoms with E-state index in [4.69, 9.17) is 9.84 Å². The predicted molar refractivity (Wildman–Crippen MR) is 34.2 cm³/mol. The molecule has 1 N–H and O–H groups in total. The van der Waals surface area contributed by atoms with E-state index in [9.17, 15) is 4.79 Å². The zero-order valence-corrected chi connectivity index (χ0v) is 5.91. The van der Waals surface area contributed by atoms with E-state index >= 15 is 0 Å². The van der Waals surface area contributed by atoms with Gasteiger partial charge in [-0.1, -0.05) is 0 Å². The second-order valence-electron chi connectivity index (χ2n) is 2.27. The summed E-state index contributed by atoms with van der Waals surface area (Å²) in [5.74, 6) is -0.138. The van der Waals surface area contributed by atoms with Crippen LogP contribution in [0.5, 0.6) is 0 Å². The Balaban J connectivity index is 2.48. The van der Waals surface area contributed by atoms with Crippen LogP contribution in [0.25, 0.3) is 0 Å². The Bertz CT molecular complexity index is 135. The number of hydrogen-bond acceptors (Lipinski definition) is 3. The number of hydrogen-bond donors (Lipinski definition) is 1. The molecule has 0 radical (unpaired) electrons. The summed E-state index contributed by atoms with van der Waals surface area (Å²) >= 11 is 0. The molecule has 0 aromatic heterocycles. The number of amides is 1. The van der Waals surface area contributed by atoms with Gasteiger partial charge in [0.25, 0.3) is 5.91 Å². The number of aliphatic hydroxyl groups excluding tert-OH is 1. The van der Waals surface area contributed by atoms with Crippen LogP contribution in [0.15, 0.2) is 0 Å². The topological polar surface area (TPSA) is 49.8 Å². The fourth-order valence-corrected chi connectivity index (χ4v) is 0.925. The fourth-order valence-electron chi connectivity index (χ4n) is 0.925. The standard InChI is InChI=1S/C6H11NO3/c1-5(8)7-2-3-10-4-6(7)9/h5,8H,2-4H2,1H3. The highest BCUT2D eigenvalue weighted by atomic mass is 16.5. The van der Waals surface area contributed by atoms with Gasteiger partial charge in [0.2, 0.25) is 0 Å². The minimum Gasteiger partial charge on any atom is -0.374 e. The molecule has 4 nitrogen and oxygen atoms in total. The summed E-state index contributed by atoms with van der Waals surface area (Å²) in [4.78, 5) is 12.3. The predicted octanol–water partition coefficient (Wildman–Crippen LogP) is -0.817. The van der Waals surface area contributed by atoms with Crippen molar-refractivity contribution in [3.05, 3.63) is 0 Å². The van der Waals surface area contributed by atoms with Gasteiger partial charge in [-0.25, -0.2) is 0 Å². The first-order valence-corrected chi connectivity index (χ1v) is 3.27. The lowest BCUT2D eigenvalue weighted by Crippen LogP contribution is -2.46. The summed E-state index contributed by atoms with van der Waals surface area (Å²) in [5.41, 5.74) is 0. The first kappa shape index (κ1) is 7.50. The number of rotatable bonds is 1. The minimum absolute atomic E-state index is 0.102. The summed E-state index contributed by atoms with van der Waals surface area (Å²) < 4.78 is 4.86. The molecule has 58 valence electrons. The van der Waals surface area contributed by atoms with Gasteiger partial charge in [-0.2, -0.15) is 0 Å². The molecular formula is C6H11NO3. The lowest BCUT2D eigenvalue weighted by molar-refractivity contribution is -0.153. The molecule has 1 amide bonds.